The van der Waals surface area contributed by atoms with Gasteiger partial charge in [0.2, 0.25) is 0 Å². The van der Waals surface area contributed by atoms with Crippen molar-refractivity contribution in [2.75, 3.05) is 19.8 Å². The van der Waals surface area contributed by atoms with E-state index in [1.54, 1.807) is 0 Å². The molecule has 1 aliphatic carbocycles. The lowest BCUT2D eigenvalue weighted by Crippen LogP contribution is -2.30. The van der Waals surface area contributed by atoms with E-state index in [2.05, 4.69) is 31.9 Å². The quantitative estimate of drug-likeness (QED) is 0.814. The van der Waals surface area contributed by atoms with Gasteiger partial charge < -0.3 is 9.30 Å². The third-order valence-electron chi connectivity index (χ3n) is 4.71. The van der Waals surface area contributed by atoms with Crippen molar-refractivity contribution in [3.63, 3.8) is 0 Å². The van der Waals surface area contributed by atoms with Gasteiger partial charge in [-0.05, 0) is 18.8 Å². The minimum atomic E-state index is 0.515. The number of hydrogen-bond donors (Lipinski definition) is 0. The number of nitrogens with zero attached hydrogens (tertiary/aromatic N) is 5. The zero-order valence-electron chi connectivity index (χ0n) is 13.8. The van der Waals surface area contributed by atoms with E-state index in [4.69, 9.17) is 4.74 Å². The van der Waals surface area contributed by atoms with Gasteiger partial charge >= 0.3 is 0 Å². The molecule has 2 aliphatic rings. The molecule has 23 heavy (non-hydrogen) atoms. The van der Waals surface area contributed by atoms with Crippen LogP contribution in [-0.2, 0) is 31.4 Å². The topological polar surface area (TPSA) is 48.1 Å². The number of aryl methyl sites for hydroxylation is 1. The Hall–Kier alpha value is -1.66. The normalized spacial score (nSPS) is 22.0. The van der Waals surface area contributed by atoms with Crippen LogP contribution in [0.2, 0.25) is 0 Å². The van der Waals surface area contributed by atoms with Gasteiger partial charge in [0.25, 0.3) is 0 Å². The predicted octanol–water partition coefficient (Wildman–Crippen LogP) is 1.68. The van der Waals surface area contributed by atoms with Crippen LogP contribution in [0.25, 0.3) is 0 Å². The number of fused-ring (bicyclic) bond motifs is 1. The second-order valence-corrected chi connectivity index (χ2v) is 7.03. The zero-order chi connectivity index (χ0) is 15.6. The Morgan fingerprint density at radius 1 is 1.22 bits per heavy atom. The molecule has 0 radical (unpaired) electrons. The first-order valence-corrected chi connectivity index (χ1v) is 8.54. The van der Waals surface area contributed by atoms with Gasteiger partial charge in [-0.3, -0.25) is 9.58 Å². The highest BCUT2D eigenvalue weighted by molar-refractivity contribution is 5.05. The van der Waals surface area contributed by atoms with E-state index >= 15 is 0 Å². The fourth-order valence-electron chi connectivity index (χ4n) is 3.35. The van der Waals surface area contributed by atoms with Gasteiger partial charge in [-0.1, -0.05) is 0 Å². The molecular weight excluding hydrogens is 290 g/mol. The summed E-state index contributed by atoms with van der Waals surface area (Å²) in [5, 5.41) is 4.28. The van der Waals surface area contributed by atoms with Crippen LogP contribution in [0.5, 0.6) is 0 Å². The van der Waals surface area contributed by atoms with Crippen LogP contribution < -0.4 is 0 Å². The molecule has 0 spiro atoms. The lowest BCUT2D eigenvalue weighted by Gasteiger charge is -2.23. The summed E-state index contributed by atoms with van der Waals surface area (Å²) in [6.45, 7) is 5.64. The molecule has 1 atom stereocenters. The number of ether oxygens (including phenoxy) is 1. The monoisotopic (exact) mass is 315 g/mol. The molecule has 0 saturated heterocycles. The van der Waals surface area contributed by atoms with Crippen LogP contribution in [0, 0.1) is 11.8 Å². The Morgan fingerprint density at radius 3 is 2.87 bits per heavy atom. The van der Waals surface area contributed by atoms with Crippen LogP contribution in [-0.4, -0.2) is 44.0 Å². The van der Waals surface area contributed by atoms with E-state index in [1.165, 1.54) is 18.4 Å². The summed E-state index contributed by atoms with van der Waals surface area (Å²) in [5.74, 6) is 2.50. The summed E-state index contributed by atoms with van der Waals surface area (Å²) >= 11 is 0. The highest BCUT2D eigenvalue weighted by Crippen LogP contribution is 2.29. The van der Waals surface area contributed by atoms with E-state index in [0.717, 1.165) is 51.1 Å². The minimum Gasteiger partial charge on any atom is -0.381 e. The van der Waals surface area contributed by atoms with Crippen molar-refractivity contribution < 1.29 is 4.74 Å². The summed E-state index contributed by atoms with van der Waals surface area (Å²) < 4.78 is 10.1. The molecule has 2 aromatic rings. The maximum absolute atomic E-state index is 5.97. The molecule has 1 saturated carbocycles. The number of imidazole rings is 1. The van der Waals surface area contributed by atoms with Crippen molar-refractivity contribution in [2.24, 2.45) is 18.9 Å². The van der Waals surface area contributed by atoms with Gasteiger partial charge in [-0.2, -0.15) is 5.10 Å². The van der Waals surface area contributed by atoms with E-state index in [1.807, 2.05) is 24.1 Å². The van der Waals surface area contributed by atoms with Crippen molar-refractivity contribution in [1.82, 2.24) is 24.2 Å². The van der Waals surface area contributed by atoms with Crippen LogP contribution in [0.1, 0.15) is 24.2 Å². The first-order chi connectivity index (χ1) is 11.3. The molecule has 3 heterocycles. The Bertz CT molecular complexity index is 645. The molecular formula is C17H25N5O. The highest BCUT2D eigenvalue weighted by atomic mass is 16.5. The first-order valence-electron chi connectivity index (χ1n) is 8.54. The molecule has 2 aromatic heterocycles. The number of aromatic nitrogens is 4. The van der Waals surface area contributed by atoms with Crippen LogP contribution >= 0.6 is 0 Å². The van der Waals surface area contributed by atoms with Crippen molar-refractivity contribution in [3.8, 4) is 0 Å². The second kappa shape index (κ2) is 6.45. The average molecular weight is 315 g/mol. The molecule has 0 bridgehead atoms. The van der Waals surface area contributed by atoms with E-state index in [-0.39, 0.29) is 0 Å². The zero-order valence-corrected chi connectivity index (χ0v) is 13.8. The number of hydrogen-bond acceptors (Lipinski definition) is 4. The fraction of sp³-hybridized carbons (Fsp3) is 0.647. The third kappa shape index (κ3) is 3.82. The van der Waals surface area contributed by atoms with Crippen molar-refractivity contribution in [3.05, 3.63) is 36.2 Å². The predicted molar refractivity (Wildman–Crippen MR) is 86.6 cm³/mol. The Kier molecular flexibility index (Phi) is 4.18. The SMILES string of the molecule is Cn1cc(CN2Cc3nccn3C[C@H](COCC3CC3)C2)cn1. The van der Waals surface area contributed by atoms with Crippen molar-refractivity contribution in [1.29, 1.82) is 0 Å². The van der Waals surface area contributed by atoms with E-state index in [9.17, 15) is 0 Å². The van der Waals surface area contributed by atoms with Crippen LogP contribution in [0.15, 0.2) is 24.8 Å². The van der Waals surface area contributed by atoms with Crippen LogP contribution in [0.3, 0.4) is 0 Å². The molecule has 6 heteroatoms. The molecule has 0 amide bonds. The smallest absolute Gasteiger partial charge is 0.122 e. The highest BCUT2D eigenvalue weighted by Gasteiger charge is 2.25. The Labute approximate surface area is 137 Å². The largest absolute Gasteiger partial charge is 0.381 e. The van der Waals surface area contributed by atoms with Crippen molar-refractivity contribution in [2.45, 2.75) is 32.5 Å². The lowest BCUT2D eigenvalue weighted by atomic mass is 10.1. The molecule has 1 aliphatic heterocycles. The average Bonchev–Trinajstić information content (AvgIpc) is 3.16. The molecule has 0 aromatic carbocycles. The minimum absolute atomic E-state index is 0.515. The van der Waals surface area contributed by atoms with Crippen molar-refractivity contribution >= 4 is 0 Å². The summed E-state index contributed by atoms with van der Waals surface area (Å²) in [5.41, 5.74) is 1.25. The molecule has 0 N–H and O–H groups in total. The summed E-state index contributed by atoms with van der Waals surface area (Å²) in [7, 11) is 1.97. The molecule has 6 nitrogen and oxygen atoms in total. The maximum Gasteiger partial charge on any atom is 0.122 e. The van der Waals surface area contributed by atoms with Gasteiger partial charge in [0.1, 0.15) is 5.82 Å². The molecule has 0 unspecified atom stereocenters. The van der Waals surface area contributed by atoms with Gasteiger partial charge in [0, 0.05) is 63.4 Å². The molecule has 4 rings (SSSR count). The fourth-order valence-corrected chi connectivity index (χ4v) is 3.35. The lowest BCUT2D eigenvalue weighted by molar-refractivity contribution is 0.0705. The molecule has 1 fully saturated rings. The maximum atomic E-state index is 5.97. The van der Waals surface area contributed by atoms with E-state index in [0.29, 0.717) is 5.92 Å². The van der Waals surface area contributed by atoms with Gasteiger partial charge in [-0.15, -0.1) is 0 Å². The van der Waals surface area contributed by atoms with Crippen LogP contribution in [0.4, 0.5) is 0 Å². The second-order valence-electron chi connectivity index (χ2n) is 7.03. The summed E-state index contributed by atoms with van der Waals surface area (Å²) in [6.07, 6.45) is 10.8. The van der Waals surface area contributed by atoms with E-state index < -0.39 is 0 Å². The third-order valence-corrected chi connectivity index (χ3v) is 4.71. The van der Waals surface area contributed by atoms with Gasteiger partial charge in [0.05, 0.1) is 19.3 Å². The Morgan fingerprint density at radius 2 is 2.09 bits per heavy atom. The standard InChI is InChI=1S/C17H25N5O/c1-20-7-15(6-19-20)8-21-9-16(13-23-12-14-2-3-14)10-22-5-4-18-17(22)11-21/h4-7,14,16H,2-3,8-13H2,1H3/t16-/m1/s1. The summed E-state index contributed by atoms with van der Waals surface area (Å²) in [6, 6.07) is 0. The summed E-state index contributed by atoms with van der Waals surface area (Å²) in [4.78, 5) is 6.99. The Balaban J connectivity index is 1.42. The first kappa shape index (κ1) is 14.9. The van der Waals surface area contributed by atoms with Gasteiger partial charge in [-0.25, -0.2) is 4.98 Å². The molecule has 124 valence electrons. The van der Waals surface area contributed by atoms with Gasteiger partial charge in [0.15, 0.2) is 0 Å². The number of rotatable bonds is 6.